The lowest BCUT2D eigenvalue weighted by molar-refractivity contribution is -0.154. The molecule has 0 saturated heterocycles. The van der Waals surface area contributed by atoms with E-state index in [4.69, 9.17) is 9.47 Å². The highest BCUT2D eigenvalue weighted by Crippen LogP contribution is 2.34. The Morgan fingerprint density at radius 1 is 1.27 bits per heavy atom. The van der Waals surface area contributed by atoms with Crippen LogP contribution in [0.5, 0.6) is 5.75 Å². The van der Waals surface area contributed by atoms with Crippen molar-refractivity contribution < 1.29 is 29.3 Å². The number of aliphatic carboxylic acids is 1. The fourth-order valence-corrected chi connectivity index (χ4v) is 3.02. The summed E-state index contributed by atoms with van der Waals surface area (Å²) in [5.74, 6) is -0.589. The molecule has 1 heterocycles. The molecule has 0 spiro atoms. The van der Waals surface area contributed by atoms with Crippen molar-refractivity contribution in [2.45, 2.75) is 65.1 Å². The smallest absolute Gasteiger partial charge is 0.311 e. The van der Waals surface area contributed by atoms with Gasteiger partial charge in [-0.1, -0.05) is 12.1 Å². The van der Waals surface area contributed by atoms with E-state index in [-0.39, 0.29) is 24.9 Å². The third-order valence-electron chi connectivity index (χ3n) is 4.47. The molecule has 2 atom stereocenters. The summed E-state index contributed by atoms with van der Waals surface area (Å²) in [5, 5.41) is 18.7. The molecule has 0 fully saturated rings. The number of carboxylic acids is 1. The maximum atomic E-state index is 12.0. The van der Waals surface area contributed by atoms with E-state index in [1.807, 2.05) is 39.0 Å². The fourth-order valence-electron chi connectivity index (χ4n) is 3.02. The van der Waals surface area contributed by atoms with Crippen LogP contribution in [0.1, 0.15) is 51.7 Å². The predicted octanol–water partition coefficient (Wildman–Crippen LogP) is 2.74. The average molecular weight is 364 g/mol. The quantitative estimate of drug-likeness (QED) is 0.754. The lowest BCUT2D eigenvalue weighted by atomic mass is 9.83. The monoisotopic (exact) mass is 364 g/mol. The molecule has 0 aliphatic carbocycles. The van der Waals surface area contributed by atoms with E-state index >= 15 is 0 Å². The summed E-state index contributed by atoms with van der Waals surface area (Å²) in [6.07, 6.45) is 1.61. The van der Waals surface area contributed by atoms with Gasteiger partial charge in [0.1, 0.15) is 17.5 Å². The number of aliphatic hydroxyl groups is 1. The molecular formula is C20H28O6. The van der Waals surface area contributed by atoms with Crippen LogP contribution in [-0.2, 0) is 27.2 Å². The summed E-state index contributed by atoms with van der Waals surface area (Å²) in [6, 6.07) is 5.59. The zero-order chi connectivity index (χ0) is 19.5. The first-order valence-electron chi connectivity index (χ1n) is 8.87. The minimum Gasteiger partial charge on any atom is -0.490 e. The zero-order valence-electron chi connectivity index (χ0n) is 15.9. The van der Waals surface area contributed by atoms with Crippen LogP contribution in [0.15, 0.2) is 18.2 Å². The fraction of sp³-hybridized carbons (Fsp3) is 0.600. The Balaban J connectivity index is 2.03. The normalized spacial score (nSPS) is 19.0. The van der Waals surface area contributed by atoms with Gasteiger partial charge in [0.15, 0.2) is 0 Å². The molecule has 1 aromatic rings. The molecule has 6 nitrogen and oxygen atoms in total. The maximum absolute atomic E-state index is 12.0. The van der Waals surface area contributed by atoms with Crippen LogP contribution in [0, 0.1) is 5.41 Å². The van der Waals surface area contributed by atoms with E-state index < -0.39 is 23.6 Å². The number of carbonyl (C=O) groups is 2. The number of esters is 1. The third kappa shape index (κ3) is 5.21. The molecule has 0 unspecified atom stereocenters. The molecule has 0 aromatic heterocycles. The second kappa shape index (κ2) is 7.66. The minimum atomic E-state index is -1.21. The van der Waals surface area contributed by atoms with Gasteiger partial charge in [-0.25, -0.2) is 0 Å². The molecule has 2 N–H and O–H groups in total. The number of carbonyl (C=O) groups excluding carboxylic acids is 1. The van der Waals surface area contributed by atoms with Crippen LogP contribution in [-0.4, -0.2) is 40.5 Å². The molecule has 6 heteroatoms. The van der Waals surface area contributed by atoms with Crippen molar-refractivity contribution in [1.29, 1.82) is 0 Å². The third-order valence-corrected chi connectivity index (χ3v) is 4.47. The number of carboxylic acid groups (broad SMARTS) is 1. The van der Waals surface area contributed by atoms with Gasteiger partial charge in [-0.3, -0.25) is 9.59 Å². The van der Waals surface area contributed by atoms with Crippen molar-refractivity contribution in [3.05, 3.63) is 29.3 Å². The minimum absolute atomic E-state index is 0.204. The van der Waals surface area contributed by atoms with Crippen LogP contribution in [0.4, 0.5) is 0 Å². The summed E-state index contributed by atoms with van der Waals surface area (Å²) in [4.78, 5) is 23.3. The molecule has 1 aromatic carbocycles. The van der Waals surface area contributed by atoms with Gasteiger partial charge in [0.2, 0.25) is 0 Å². The van der Waals surface area contributed by atoms with Crippen molar-refractivity contribution in [2.75, 3.05) is 6.61 Å². The number of aliphatic hydroxyl groups excluding tert-OH is 1. The van der Waals surface area contributed by atoms with E-state index in [1.165, 1.54) is 6.92 Å². The largest absolute Gasteiger partial charge is 0.490 e. The molecule has 0 amide bonds. The van der Waals surface area contributed by atoms with Crippen LogP contribution in [0.3, 0.4) is 0 Å². The van der Waals surface area contributed by atoms with Gasteiger partial charge in [-0.05, 0) is 57.7 Å². The van der Waals surface area contributed by atoms with Gasteiger partial charge in [-0.15, -0.1) is 0 Å². The van der Waals surface area contributed by atoms with E-state index in [0.717, 1.165) is 17.5 Å². The average Bonchev–Trinajstić information content (AvgIpc) is 2.52. The standard InChI is InChI=1S/C20H28O6/c1-19(2,3)26-17(22)10-13-5-8-16-14(9-13)6-7-15(25-16)11-20(4,12-21)18(23)24/h5,8-9,15,21H,6-7,10-12H2,1-4H3,(H,23,24)/t15-,20-/m1/s1. The molecule has 26 heavy (non-hydrogen) atoms. The highest BCUT2D eigenvalue weighted by Gasteiger charge is 2.37. The first-order chi connectivity index (χ1) is 12.0. The molecule has 2 rings (SSSR count). The lowest BCUT2D eigenvalue weighted by Gasteiger charge is -2.32. The Morgan fingerprint density at radius 3 is 2.54 bits per heavy atom. The number of fused-ring (bicyclic) bond motifs is 1. The van der Waals surface area contributed by atoms with E-state index in [0.29, 0.717) is 12.2 Å². The highest BCUT2D eigenvalue weighted by molar-refractivity contribution is 5.74. The lowest BCUT2D eigenvalue weighted by Crippen LogP contribution is -2.38. The summed E-state index contributed by atoms with van der Waals surface area (Å²) in [5.41, 5.74) is 0.151. The van der Waals surface area contributed by atoms with Crippen LogP contribution >= 0.6 is 0 Å². The Bertz CT molecular complexity index is 675. The van der Waals surface area contributed by atoms with Gasteiger partial charge < -0.3 is 19.7 Å². The second-order valence-electron chi connectivity index (χ2n) is 8.21. The van der Waals surface area contributed by atoms with Crippen molar-refractivity contribution >= 4 is 11.9 Å². The molecular weight excluding hydrogens is 336 g/mol. The predicted molar refractivity (Wildman–Crippen MR) is 96.2 cm³/mol. The summed E-state index contributed by atoms with van der Waals surface area (Å²) in [6.45, 7) is 6.61. The molecule has 0 radical (unpaired) electrons. The number of hydrogen-bond acceptors (Lipinski definition) is 5. The van der Waals surface area contributed by atoms with Crippen molar-refractivity contribution in [2.24, 2.45) is 5.41 Å². The number of ether oxygens (including phenoxy) is 2. The number of rotatable bonds is 6. The van der Waals surface area contributed by atoms with Gasteiger partial charge in [0.25, 0.3) is 0 Å². The Labute approximate surface area is 154 Å². The summed E-state index contributed by atoms with van der Waals surface area (Å²) in [7, 11) is 0. The maximum Gasteiger partial charge on any atom is 0.311 e. The van der Waals surface area contributed by atoms with Crippen LogP contribution in [0.25, 0.3) is 0 Å². The van der Waals surface area contributed by atoms with Crippen molar-refractivity contribution in [1.82, 2.24) is 0 Å². The number of hydrogen-bond donors (Lipinski definition) is 2. The second-order valence-corrected chi connectivity index (χ2v) is 8.21. The summed E-state index contributed by atoms with van der Waals surface area (Å²) >= 11 is 0. The Morgan fingerprint density at radius 2 is 1.96 bits per heavy atom. The summed E-state index contributed by atoms with van der Waals surface area (Å²) < 4.78 is 11.3. The molecule has 144 valence electrons. The van der Waals surface area contributed by atoms with Gasteiger partial charge in [0.05, 0.1) is 18.4 Å². The molecule has 0 bridgehead atoms. The number of benzene rings is 1. The molecule has 1 aliphatic rings. The van der Waals surface area contributed by atoms with E-state index in [1.54, 1.807) is 0 Å². The van der Waals surface area contributed by atoms with Crippen molar-refractivity contribution in [3.8, 4) is 5.75 Å². The highest BCUT2D eigenvalue weighted by atomic mass is 16.6. The topological polar surface area (TPSA) is 93.1 Å². The van der Waals surface area contributed by atoms with Gasteiger partial charge in [0, 0.05) is 6.42 Å². The van der Waals surface area contributed by atoms with Gasteiger partial charge in [-0.2, -0.15) is 0 Å². The van der Waals surface area contributed by atoms with E-state index in [9.17, 15) is 19.8 Å². The van der Waals surface area contributed by atoms with E-state index in [2.05, 4.69) is 0 Å². The van der Waals surface area contributed by atoms with Gasteiger partial charge >= 0.3 is 11.9 Å². The number of aryl methyl sites for hydroxylation is 1. The van der Waals surface area contributed by atoms with Crippen LogP contribution in [0.2, 0.25) is 0 Å². The first-order valence-corrected chi connectivity index (χ1v) is 8.87. The SMILES string of the molecule is CC(C)(C)OC(=O)Cc1ccc2c(c1)CC[C@H](C[C@](C)(CO)C(=O)O)O2. The molecule has 0 saturated carbocycles. The molecule has 1 aliphatic heterocycles. The van der Waals surface area contributed by atoms with Crippen LogP contribution < -0.4 is 4.74 Å². The Hall–Kier alpha value is -2.08. The van der Waals surface area contributed by atoms with Crippen molar-refractivity contribution in [3.63, 3.8) is 0 Å². The Kier molecular flexibility index (Phi) is 5.96. The first kappa shape index (κ1) is 20.2. The zero-order valence-corrected chi connectivity index (χ0v) is 15.9.